The monoisotopic (exact) mass is 469 g/mol. The Labute approximate surface area is 190 Å². The van der Waals surface area contributed by atoms with Crippen LogP contribution < -0.4 is 0 Å². The Bertz CT molecular complexity index is 1000. The lowest BCUT2D eigenvalue weighted by Crippen LogP contribution is -2.52. The second kappa shape index (κ2) is 9.70. The van der Waals surface area contributed by atoms with Gasteiger partial charge in [0.25, 0.3) is 0 Å². The topological polar surface area (TPSA) is 73.7 Å². The van der Waals surface area contributed by atoms with Gasteiger partial charge < -0.3 is 14.4 Å². The summed E-state index contributed by atoms with van der Waals surface area (Å²) >= 11 is 0. The van der Waals surface area contributed by atoms with Crippen LogP contribution in [0.1, 0.15) is 49.5 Å². The van der Waals surface area contributed by atoms with E-state index in [0.717, 1.165) is 16.5 Å². The molecule has 0 N–H and O–H groups in total. The number of carbonyl (C=O) groups excluding carboxylic acids is 2. The second-order valence-corrected chi connectivity index (χ2v) is 9.47. The maximum atomic E-state index is 12.6. The van der Waals surface area contributed by atoms with Crippen LogP contribution in [0.25, 0.3) is 10.9 Å². The third kappa shape index (κ3) is 6.93. The zero-order valence-electron chi connectivity index (χ0n) is 19.4. The molecule has 0 saturated carbocycles. The molecule has 10 heteroatoms. The number of fused-ring (bicyclic) bond motifs is 1. The number of Topliss-reactive ketones (excluding diaryl/α,β-unsaturated/α-hetero) is 1. The fraction of sp³-hybridized carbons (Fsp3) is 0.609. The van der Waals surface area contributed by atoms with Gasteiger partial charge in [-0.05, 0) is 51.8 Å². The average molecular weight is 470 g/mol. The molecule has 33 heavy (non-hydrogen) atoms. The molecular formula is C23H30F3N3O4. The zero-order valence-corrected chi connectivity index (χ0v) is 19.4. The Morgan fingerprint density at radius 2 is 1.88 bits per heavy atom. The quantitative estimate of drug-likeness (QED) is 0.412. The smallest absolute Gasteiger partial charge is 0.411 e. The molecule has 2 aromatic rings. The summed E-state index contributed by atoms with van der Waals surface area (Å²) in [4.78, 5) is 26.3. The van der Waals surface area contributed by atoms with Gasteiger partial charge in [0.2, 0.25) is 0 Å². The SMILES string of the molecule is Cc1c(C(=O)CCCOCC(F)(F)F)ccc2nn(CC3CN(C(=O)OC(C)(C)C)C3)cc12. The maximum Gasteiger partial charge on any atom is 0.411 e. The Balaban J connectivity index is 1.54. The van der Waals surface area contributed by atoms with E-state index in [2.05, 4.69) is 9.84 Å². The number of ketones is 1. The number of amides is 1. The van der Waals surface area contributed by atoms with Crippen LogP contribution in [0.3, 0.4) is 0 Å². The number of carbonyl (C=O) groups is 2. The van der Waals surface area contributed by atoms with Gasteiger partial charge in [-0.1, -0.05) is 0 Å². The summed E-state index contributed by atoms with van der Waals surface area (Å²) in [5.41, 5.74) is 1.58. The van der Waals surface area contributed by atoms with E-state index in [-0.39, 0.29) is 37.2 Å². The first-order valence-electron chi connectivity index (χ1n) is 10.9. The molecule has 1 fully saturated rings. The van der Waals surface area contributed by atoms with Crippen LogP contribution in [0.5, 0.6) is 0 Å². The summed E-state index contributed by atoms with van der Waals surface area (Å²) in [5, 5.41) is 5.44. The van der Waals surface area contributed by atoms with Crippen LogP contribution in [0.4, 0.5) is 18.0 Å². The van der Waals surface area contributed by atoms with Crippen molar-refractivity contribution >= 4 is 22.8 Å². The number of nitrogens with zero attached hydrogens (tertiary/aromatic N) is 3. The fourth-order valence-corrected chi connectivity index (χ4v) is 3.76. The lowest BCUT2D eigenvalue weighted by atomic mass is 9.99. The van der Waals surface area contributed by atoms with Gasteiger partial charge in [0.05, 0.1) is 5.52 Å². The highest BCUT2D eigenvalue weighted by Gasteiger charge is 2.34. The highest BCUT2D eigenvalue weighted by Crippen LogP contribution is 2.25. The van der Waals surface area contributed by atoms with E-state index >= 15 is 0 Å². The molecule has 1 aromatic heterocycles. The summed E-state index contributed by atoms with van der Waals surface area (Å²) in [7, 11) is 0. The Hall–Kier alpha value is -2.62. The van der Waals surface area contributed by atoms with Crippen molar-refractivity contribution in [3.63, 3.8) is 0 Å². The van der Waals surface area contributed by atoms with E-state index in [4.69, 9.17) is 4.74 Å². The number of benzene rings is 1. The van der Waals surface area contributed by atoms with Crippen molar-refractivity contribution in [2.75, 3.05) is 26.3 Å². The van der Waals surface area contributed by atoms with Gasteiger partial charge in [-0.2, -0.15) is 18.3 Å². The van der Waals surface area contributed by atoms with Crippen LogP contribution in [0, 0.1) is 12.8 Å². The van der Waals surface area contributed by atoms with Gasteiger partial charge in [-0.3, -0.25) is 9.48 Å². The number of likely N-dealkylation sites (tertiary alicyclic amines) is 1. The molecule has 2 heterocycles. The lowest BCUT2D eigenvalue weighted by Gasteiger charge is -2.39. The van der Waals surface area contributed by atoms with E-state index in [1.165, 1.54) is 0 Å². The van der Waals surface area contributed by atoms with Gasteiger partial charge in [0.15, 0.2) is 5.78 Å². The van der Waals surface area contributed by atoms with Gasteiger partial charge in [0.1, 0.15) is 12.2 Å². The molecule has 0 unspecified atom stereocenters. The molecule has 1 saturated heterocycles. The van der Waals surface area contributed by atoms with Crippen molar-refractivity contribution < 1.29 is 32.2 Å². The molecule has 7 nitrogen and oxygen atoms in total. The standard InChI is InChI=1S/C23H30F3N3O4/c1-15-17(20(30)6-5-9-32-14-23(24,25)26)7-8-19-18(15)13-29(27-19)12-16-10-28(11-16)21(31)33-22(2,3)4/h7-8,13,16H,5-6,9-12,14H2,1-4H3. The summed E-state index contributed by atoms with van der Waals surface area (Å²) < 4.78 is 48.1. The molecule has 1 aliphatic rings. The predicted molar refractivity (Wildman–Crippen MR) is 116 cm³/mol. The fourth-order valence-electron chi connectivity index (χ4n) is 3.76. The largest absolute Gasteiger partial charge is 0.444 e. The number of alkyl halides is 3. The zero-order chi connectivity index (χ0) is 24.4. The Kier molecular flexibility index (Phi) is 7.36. The molecule has 3 rings (SSSR count). The third-order valence-electron chi connectivity index (χ3n) is 5.32. The normalized spacial score (nSPS) is 15.1. The molecule has 1 aromatic carbocycles. The van der Waals surface area contributed by atoms with E-state index in [1.54, 1.807) is 17.0 Å². The van der Waals surface area contributed by atoms with E-state index in [9.17, 15) is 22.8 Å². The molecule has 1 aliphatic heterocycles. The van der Waals surface area contributed by atoms with Gasteiger partial charge >= 0.3 is 12.3 Å². The first kappa shape index (κ1) is 25.0. The Morgan fingerprint density at radius 3 is 2.52 bits per heavy atom. The predicted octanol–water partition coefficient (Wildman–Crippen LogP) is 4.75. The summed E-state index contributed by atoms with van der Waals surface area (Å²) in [6, 6.07) is 3.49. The van der Waals surface area contributed by atoms with Gasteiger partial charge in [-0.15, -0.1) is 0 Å². The first-order chi connectivity index (χ1) is 15.3. The molecule has 0 bridgehead atoms. The molecule has 0 atom stereocenters. The number of aromatic nitrogens is 2. The van der Waals surface area contributed by atoms with Gasteiger partial charge in [0, 0.05) is 55.7 Å². The number of hydrogen-bond acceptors (Lipinski definition) is 5. The minimum atomic E-state index is -4.36. The van der Waals surface area contributed by atoms with Crippen molar-refractivity contribution in [3.8, 4) is 0 Å². The highest BCUT2D eigenvalue weighted by molar-refractivity contribution is 6.01. The molecule has 1 amide bonds. The van der Waals surface area contributed by atoms with Crippen LogP contribution in [0.2, 0.25) is 0 Å². The first-order valence-corrected chi connectivity index (χ1v) is 10.9. The maximum absolute atomic E-state index is 12.6. The molecule has 182 valence electrons. The number of ether oxygens (including phenoxy) is 2. The third-order valence-corrected chi connectivity index (χ3v) is 5.32. The number of halogens is 3. The van der Waals surface area contributed by atoms with Crippen molar-refractivity contribution in [2.45, 2.75) is 58.9 Å². The van der Waals surface area contributed by atoms with E-state index in [0.29, 0.717) is 25.2 Å². The minimum absolute atomic E-state index is 0.112. The molecule has 0 radical (unpaired) electrons. The number of aryl methyl sites for hydroxylation is 1. The van der Waals surface area contributed by atoms with E-state index < -0.39 is 18.4 Å². The second-order valence-electron chi connectivity index (χ2n) is 9.47. The molecule has 0 aliphatic carbocycles. The lowest BCUT2D eigenvalue weighted by molar-refractivity contribution is -0.173. The van der Waals surface area contributed by atoms with Crippen molar-refractivity contribution in [3.05, 3.63) is 29.5 Å². The molecule has 0 spiro atoms. The highest BCUT2D eigenvalue weighted by atomic mass is 19.4. The average Bonchev–Trinajstić information content (AvgIpc) is 3.05. The van der Waals surface area contributed by atoms with Crippen molar-refractivity contribution in [1.29, 1.82) is 0 Å². The number of hydrogen-bond donors (Lipinski definition) is 0. The number of rotatable bonds is 8. The summed E-state index contributed by atoms with van der Waals surface area (Å²) in [5.74, 6) is 0.134. The van der Waals surface area contributed by atoms with Gasteiger partial charge in [-0.25, -0.2) is 4.79 Å². The summed E-state index contributed by atoms with van der Waals surface area (Å²) in [6.07, 6.45) is -2.45. The van der Waals surface area contributed by atoms with Crippen LogP contribution >= 0.6 is 0 Å². The van der Waals surface area contributed by atoms with Crippen molar-refractivity contribution in [2.24, 2.45) is 5.92 Å². The summed E-state index contributed by atoms with van der Waals surface area (Å²) in [6.45, 7) is 7.77. The molecular weight excluding hydrogens is 439 g/mol. The van der Waals surface area contributed by atoms with Crippen molar-refractivity contribution in [1.82, 2.24) is 14.7 Å². The van der Waals surface area contributed by atoms with E-state index in [1.807, 2.05) is 38.6 Å². The van der Waals surface area contributed by atoms with Crippen LogP contribution in [-0.4, -0.2) is 64.6 Å². The van der Waals surface area contributed by atoms with Crippen LogP contribution in [0.15, 0.2) is 18.3 Å². The minimum Gasteiger partial charge on any atom is -0.444 e. The Morgan fingerprint density at radius 1 is 1.18 bits per heavy atom. The van der Waals surface area contributed by atoms with Crippen LogP contribution in [-0.2, 0) is 16.0 Å².